The Bertz CT molecular complexity index is 596. The van der Waals surface area contributed by atoms with Gasteiger partial charge in [0.25, 0.3) is 0 Å². The highest BCUT2D eigenvalue weighted by atomic mass is 16.5. The maximum atomic E-state index is 7.07. The van der Waals surface area contributed by atoms with Crippen LogP contribution in [0.2, 0.25) is 0 Å². The van der Waals surface area contributed by atoms with E-state index < -0.39 is 0 Å². The van der Waals surface area contributed by atoms with Crippen LogP contribution in [0.15, 0.2) is 0 Å². The lowest BCUT2D eigenvalue weighted by Crippen LogP contribution is -2.52. The van der Waals surface area contributed by atoms with Crippen LogP contribution in [0.3, 0.4) is 0 Å². The third-order valence-corrected chi connectivity index (χ3v) is 11.4. The van der Waals surface area contributed by atoms with Gasteiger partial charge in [0, 0.05) is 5.92 Å². The van der Waals surface area contributed by atoms with Crippen molar-refractivity contribution >= 4 is 0 Å². The summed E-state index contributed by atoms with van der Waals surface area (Å²) in [7, 11) is 0. The molecule has 2 heteroatoms. The Morgan fingerprint density at radius 3 is 2.03 bits per heavy atom. The summed E-state index contributed by atoms with van der Waals surface area (Å²) in [6.07, 6.45) is 22.2. The van der Waals surface area contributed by atoms with Crippen molar-refractivity contribution in [2.45, 2.75) is 129 Å². The van der Waals surface area contributed by atoms with Gasteiger partial charge in [-0.05, 0) is 92.3 Å². The Labute approximate surface area is 205 Å². The highest BCUT2D eigenvalue weighted by Gasteiger charge is 2.52. The minimum atomic E-state index is 0.503. The van der Waals surface area contributed by atoms with E-state index in [-0.39, 0.29) is 0 Å². The van der Waals surface area contributed by atoms with Gasteiger partial charge in [-0.1, -0.05) is 72.1 Å². The fraction of sp³-hybridized carbons (Fsp3) is 1.00. The lowest BCUT2D eigenvalue weighted by atomic mass is 9.54. The first-order chi connectivity index (χ1) is 16.2. The third-order valence-electron chi connectivity index (χ3n) is 11.4. The van der Waals surface area contributed by atoms with Crippen LogP contribution < -0.4 is 0 Å². The fourth-order valence-electron chi connectivity index (χ4n) is 9.68. The van der Waals surface area contributed by atoms with Crippen LogP contribution >= 0.6 is 0 Å². The molecule has 0 amide bonds. The molecule has 190 valence electrons. The Morgan fingerprint density at radius 1 is 0.636 bits per heavy atom. The van der Waals surface area contributed by atoms with Crippen molar-refractivity contribution in [3.8, 4) is 0 Å². The van der Waals surface area contributed by atoms with E-state index in [9.17, 15) is 0 Å². The highest BCUT2D eigenvalue weighted by molar-refractivity contribution is 5.01. The molecule has 0 N–H and O–H groups in total. The van der Waals surface area contributed by atoms with Crippen molar-refractivity contribution < 1.29 is 9.47 Å². The van der Waals surface area contributed by atoms with Gasteiger partial charge in [0.15, 0.2) is 0 Å². The van der Waals surface area contributed by atoms with E-state index >= 15 is 0 Å². The van der Waals surface area contributed by atoms with Gasteiger partial charge in [0.1, 0.15) is 0 Å². The average molecular weight is 459 g/mol. The molecule has 4 aliphatic carbocycles. The Kier molecular flexibility index (Phi) is 8.44. The standard InChI is InChI=1S/C31H54O2/c1-4-8-23-15-17-28-30(26(23)5-2)31-27-10-7-6-9-24(27)16-18-29(31)33-20-25(19-32-28)22-13-11-21(3)12-14-22/h21-31H,4-20H2,1-3H3. The first-order valence-corrected chi connectivity index (χ1v) is 15.4. The normalized spacial score (nSPS) is 49.0. The van der Waals surface area contributed by atoms with Crippen LogP contribution in [0.25, 0.3) is 0 Å². The Morgan fingerprint density at radius 2 is 1.30 bits per heavy atom. The molecule has 0 radical (unpaired) electrons. The first kappa shape index (κ1) is 24.6. The van der Waals surface area contributed by atoms with Gasteiger partial charge >= 0.3 is 0 Å². The molecule has 9 atom stereocenters. The quantitative estimate of drug-likeness (QED) is 0.422. The largest absolute Gasteiger partial charge is 0.378 e. The molecule has 1 heterocycles. The highest BCUT2D eigenvalue weighted by Crippen LogP contribution is 2.55. The van der Waals surface area contributed by atoms with E-state index in [2.05, 4.69) is 20.8 Å². The van der Waals surface area contributed by atoms with E-state index in [1.807, 2.05) is 0 Å². The lowest BCUT2D eigenvalue weighted by Gasteiger charge is -2.54. The zero-order valence-corrected chi connectivity index (χ0v) is 22.2. The van der Waals surface area contributed by atoms with Gasteiger partial charge in [0.05, 0.1) is 25.4 Å². The second-order valence-corrected chi connectivity index (χ2v) is 13.2. The molecule has 2 nitrogen and oxygen atoms in total. The summed E-state index contributed by atoms with van der Waals surface area (Å²) in [5, 5.41) is 0. The molecule has 5 fully saturated rings. The molecule has 1 aliphatic heterocycles. The number of hydrogen-bond donors (Lipinski definition) is 0. The van der Waals surface area contributed by atoms with E-state index in [1.54, 1.807) is 0 Å². The molecule has 33 heavy (non-hydrogen) atoms. The Hall–Kier alpha value is -0.0800. The van der Waals surface area contributed by atoms with E-state index in [0.717, 1.165) is 60.6 Å². The summed E-state index contributed by atoms with van der Waals surface area (Å²) in [6.45, 7) is 9.29. The van der Waals surface area contributed by atoms with Gasteiger partial charge in [-0.15, -0.1) is 0 Å². The van der Waals surface area contributed by atoms with Crippen LogP contribution in [0, 0.1) is 53.3 Å². The van der Waals surface area contributed by atoms with Crippen molar-refractivity contribution in [3.63, 3.8) is 0 Å². The van der Waals surface area contributed by atoms with E-state index in [0.29, 0.717) is 18.1 Å². The van der Waals surface area contributed by atoms with Crippen molar-refractivity contribution in [2.24, 2.45) is 53.3 Å². The van der Waals surface area contributed by atoms with Crippen molar-refractivity contribution in [3.05, 3.63) is 0 Å². The zero-order valence-electron chi connectivity index (χ0n) is 22.2. The molecule has 5 rings (SSSR count). The topological polar surface area (TPSA) is 18.5 Å². The van der Waals surface area contributed by atoms with Gasteiger partial charge in [-0.25, -0.2) is 0 Å². The molecule has 9 unspecified atom stereocenters. The molecule has 0 aromatic rings. The van der Waals surface area contributed by atoms with Gasteiger partial charge in [-0.3, -0.25) is 0 Å². The van der Waals surface area contributed by atoms with Gasteiger partial charge in [0.2, 0.25) is 0 Å². The maximum absolute atomic E-state index is 7.07. The minimum Gasteiger partial charge on any atom is -0.378 e. The predicted molar refractivity (Wildman–Crippen MR) is 137 cm³/mol. The van der Waals surface area contributed by atoms with Crippen molar-refractivity contribution in [2.75, 3.05) is 13.2 Å². The summed E-state index contributed by atoms with van der Waals surface area (Å²) in [4.78, 5) is 0. The SMILES string of the molecule is CCCC1CCC2OCC(C3CCC(C)CC3)COC3CCC4CCCCC4C3C2C1CC. The Balaban J connectivity index is 1.42. The van der Waals surface area contributed by atoms with Crippen molar-refractivity contribution in [1.29, 1.82) is 0 Å². The average Bonchev–Trinajstić information content (AvgIpc) is 2.92. The third kappa shape index (κ3) is 5.23. The summed E-state index contributed by atoms with van der Waals surface area (Å²) < 4.78 is 14.1. The number of ether oxygens (including phenoxy) is 2. The molecule has 1 saturated heterocycles. The molecule has 5 aliphatic rings. The fourth-order valence-corrected chi connectivity index (χ4v) is 9.68. The molecular formula is C31H54O2. The van der Waals surface area contributed by atoms with Gasteiger partial charge in [-0.2, -0.15) is 0 Å². The number of rotatable bonds is 4. The first-order valence-electron chi connectivity index (χ1n) is 15.4. The van der Waals surface area contributed by atoms with Gasteiger partial charge < -0.3 is 9.47 Å². The lowest BCUT2D eigenvalue weighted by molar-refractivity contribution is -0.136. The predicted octanol–water partition coefficient (Wildman–Crippen LogP) is 8.28. The second-order valence-electron chi connectivity index (χ2n) is 13.2. The van der Waals surface area contributed by atoms with Crippen LogP contribution in [-0.2, 0) is 9.47 Å². The minimum absolute atomic E-state index is 0.503. The van der Waals surface area contributed by atoms with Crippen LogP contribution in [0.1, 0.15) is 117 Å². The van der Waals surface area contributed by atoms with E-state index in [1.165, 1.54) is 96.3 Å². The zero-order chi connectivity index (χ0) is 22.8. The molecule has 0 aromatic carbocycles. The van der Waals surface area contributed by atoms with Crippen LogP contribution in [0.4, 0.5) is 0 Å². The number of fused-ring (bicyclic) bond motifs is 5. The van der Waals surface area contributed by atoms with Crippen LogP contribution in [-0.4, -0.2) is 25.4 Å². The molecule has 4 saturated carbocycles. The molecule has 0 aromatic heterocycles. The summed E-state index contributed by atoms with van der Waals surface area (Å²) >= 11 is 0. The van der Waals surface area contributed by atoms with Crippen molar-refractivity contribution in [1.82, 2.24) is 0 Å². The van der Waals surface area contributed by atoms with Crippen LogP contribution in [0.5, 0.6) is 0 Å². The molecular weight excluding hydrogens is 404 g/mol. The smallest absolute Gasteiger partial charge is 0.0610 e. The summed E-state index contributed by atoms with van der Waals surface area (Å²) in [5.41, 5.74) is 0. The van der Waals surface area contributed by atoms with E-state index in [4.69, 9.17) is 9.47 Å². The second kappa shape index (κ2) is 11.3. The number of hydrogen-bond acceptors (Lipinski definition) is 2. The summed E-state index contributed by atoms with van der Waals surface area (Å²) in [6, 6.07) is 0. The molecule has 0 spiro atoms. The summed E-state index contributed by atoms with van der Waals surface area (Å²) in [5.74, 6) is 7.58. The monoisotopic (exact) mass is 458 g/mol. The molecule has 0 bridgehead atoms. The maximum Gasteiger partial charge on any atom is 0.0610 e.